The third-order valence-corrected chi connectivity index (χ3v) is 4.11. The number of hydrogen-bond donors (Lipinski definition) is 0. The van der Waals surface area contributed by atoms with Crippen molar-refractivity contribution >= 4 is 15.6 Å². The van der Waals surface area contributed by atoms with Gasteiger partial charge in [-0.15, -0.1) is 0 Å². The van der Waals surface area contributed by atoms with Crippen LogP contribution in [0.2, 0.25) is 0 Å². The molecule has 0 saturated carbocycles. The Labute approximate surface area is 102 Å². The lowest BCUT2D eigenvalue weighted by Crippen LogP contribution is -2.11. The maximum Gasteiger partial charge on any atom is 0.182 e. The Morgan fingerprint density at radius 2 is 2.00 bits per heavy atom. The molecular weight excluding hydrogens is 240 g/mol. The van der Waals surface area contributed by atoms with Crippen LogP contribution in [0.4, 0.5) is 0 Å². The first-order chi connectivity index (χ1) is 7.86. The lowest BCUT2D eigenvalue weighted by molar-refractivity contribution is -0.116. The average molecular weight is 256 g/mol. The van der Waals surface area contributed by atoms with Crippen molar-refractivity contribution < 1.29 is 17.9 Å². The minimum Gasteiger partial charge on any atom is -0.495 e. The molecule has 0 unspecified atom stereocenters. The van der Waals surface area contributed by atoms with Crippen molar-refractivity contribution in [3.8, 4) is 5.75 Å². The first kappa shape index (κ1) is 13.7. The third kappa shape index (κ3) is 3.56. The fourth-order valence-electron chi connectivity index (χ4n) is 1.42. The van der Waals surface area contributed by atoms with Gasteiger partial charge in [-0.25, -0.2) is 8.42 Å². The predicted molar refractivity (Wildman–Crippen MR) is 65.1 cm³/mol. The molecule has 1 aromatic rings. The number of ketones is 1. The molecule has 0 bridgehead atoms. The van der Waals surface area contributed by atoms with E-state index >= 15 is 0 Å². The van der Waals surface area contributed by atoms with Gasteiger partial charge in [0.15, 0.2) is 9.84 Å². The Morgan fingerprint density at radius 3 is 2.53 bits per heavy atom. The second-order valence-electron chi connectivity index (χ2n) is 3.93. The van der Waals surface area contributed by atoms with Gasteiger partial charge in [0, 0.05) is 6.42 Å². The summed E-state index contributed by atoms with van der Waals surface area (Å²) in [4.78, 5) is 11.0. The lowest BCUT2D eigenvalue weighted by Gasteiger charge is -2.09. The van der Waals surface area contributed by atoms with Crippen molar-refractivity contribution in [2.45, 2.75) is 25.2 Å². The van der Waals surface area contributed by atoms with Crippen LogP contribution < -0.4 is 4.74 Å². The summed E-state index contributed by atoms with van der Waals surface area (Å²) >= 11 is 0. The number of methoxy groups -OCH3 is 1. The van der Waals surface area contributed by atoms with Gasteiger partial charge in [0.1, 0.15) is 16.4 Å². The van der Waals surface area contributed by atoms with Gasteiger partial charge >= 0.3 is 0 Å². The van der Waals surface area contributed by atoms with E-state index < -0.39 is 9.84 Å². The van der Waals surface area contributed by atoms with Crippen molar-refractivity contribution in [2.24, 2.45) is 0 Å². The zero-order chi connectivity index (χ0) is 13.1. The summed E-state index contributed by atoms with van der Waals surface area (Å²) in [5.41, 5.74) is 0.840. The molecular formula is C12H16O4S. The highest BCUT2D eigenvalue weighted by Gasteiger charge is 2.20. The van der Waals surface area contributed by atoms with Crippen LogP contribution in [-0.4, -0.2) is 27.1 Å². The number of carbonyl (C=O) groups is 1. The van der Waals surface area contributed by atoms with Gasteiger partial charge in [-0.3, -0.25) is 4.79 Å². The summed E-state index contributed by atoms with van der Waals surface area (Å²) in [6.45, 7) is 3.19. The maximum atomic E-state index is 12.0. The van der Waals surface area contributed by atoms with Gasteiger partial charge in [-0.05, 0) is 31.5 Å². The van der Waals surface area contributed by atoms with Crippen molar-refractivity contribution in [3.63, 3.8) is 0 Å². The van der Waals surface area contributed by atoms with E-state index in [1.807, 2.05) is 6.92 Å². The van der Waals surface area contributed by atoms with E-state index in [4.69, 9.17) is 4.74 Å². The smallest absolute Gasteiger partial charge is 0.182 e. The van der Waals surface area contributed by atoms with Gasteiger partial charge in [-0.2, -0.15) is 0 Å². The molecule has 5 heteroatoms. The molecule has 1 rings (SSSR count). The Bertz CT molecular complexity index is 517. The summed E-state index contributed by atoms with van der Waals surface area (Å²) in [6.07, 6.45) is 0.0272. The number of hydrogen-bond acceptors (Lipinski definition) is 4. The Morgan fingerprint density at radius 1 is 1.35 bits per heavy atom. The van der Waals surface area contributed by atoms with Crippen molar-refractivity contribution in [1.29, 1.82) is 0 Å². The first-order valence-corrected chi connectivity index (χ1v) is 6.89. The van der Waals surface area contributed by atoms with Gasteiger partial charge in [-0.1, -0.05) is 6.07 Å². The maximum absolute atomic E-state index is 12.0. The fraction of sp³-hybridized carbons (Fsp3) is 0.417. The average Bonchev–Trinajstić information content (AvgIpc) is 2.26. The first-order valence-electron chi connectivity index (χ1n) is 5.23. The topological polar surface area (TPSA) is 60.4 Å². The molecule has 0 N–H and O–H groups in total. The van der Waals surface area contributed by atoms with E-state index in [2.05, 4.69) is 0 Å². The van der Waals surface area contributed by atoms with E-state index in [1.165, 1.54) is 14.0 Å². The Kier molecular flexibility index (Phi) is 4.28. The third-order valence-electron chi connectivity index (χ3n) is 2.38. The van der Waals surface area contributed by atoms with Gasteiger partial charge in [0.2, 0.25) is 0 Å². The quantitative estimate of drug-likeness (QED) is 0.805. The van der Waals surface area contributed by atoms with Crippen LogP contribution in [0.25, 0.3) is 0 Å². The molecule has 0 saturated heterocycles. The number of ether oxygens (including phenoxy) is 1. The van der Waals surface area contributed by atoms with Crippen molar-refractivity contribution in [1.82, 2.24) is 0 Å². The fourth-order valence-corrected chi connectivity index (χ4v) is 3.01. The highest BCUT2D eigenvalue weighted by molar-refractivity contribution is 7.91. The van der Waals surface area contributed by atoms with Gasteiger partial charge in [0.25, 0.3) is 0 Å². The number of carbonyl (C=O) groups excluding carboxylic acids is 1. The summed E-state index contributed by atoms with van der Waals surface area (Å²) in [6, 6.07) is 4.97. The van der Waals surface area contributed by atoms with E-state index in [1.54, 1.807) is 18.2 Å². The predicted octanol–water partition coefficient (Wildman–Crippen LogP) is 1.76. The SMILES string of the molecule is COc1ccc(C)cc1S(=O)(=O)CCC(C)=O. The van der Waals surface area contributed by atoms with E-state index in [9.17, 15) is 13.2 Å². The van der Waals surface area contributed by atoms with Crippen LogP contribution in [0, 0.1) is 6.92 Å². The van der Waals surface area contributed by atoms with Crippen LogP contribution in [0.5, 0.6) is 5.75 Å². The van der Waals surface area contributed by atoms with E-state index in [-0.39, 0.29) is 22.9 Å². The number of benzene rings is 1. The molecule has 1 aromatic carbocycles. The monoisotopic (exact) mass is 256 g/mol. The molecule has 0 radical (unpaired) electrons. The zero-order valence-electron chi connectivity index (χ0n) is 10.2. The second-order valence-corrected chi connectivity index (χ2v) is 6.00. The minimum atomic E-state index is -3.47. The zero-order valence-corrected chi connectivity index (χ0v) is 11.0. The number of aryl methyl sites for hydroxylation is 1. The molecule has 0 spiro atoms. The van der Waals surface area contributed by atoms with Crippen molar-refractivity contribution in [3.05, 3.63) is 23.8 Å². The van der Waals surface area contributed by atoms with E-state index in [0.29, 0.717) is 5.75 Å². The Balaban J connectivity index is 3.13. The largest absolute Gasteiger partial charge is 0.495 e. The summed E-state index contributed by atoms with van der Waals surface area (Å²) in [5, 5.41) is 0. The van der Waals surface area contributed by atoms with Crippen LogP contribution >= 0.6 is 0 Å². The number of Topliss-reactive ketones (excluding diaryl/α,β-unsaturated/α-hetero) is 1. The summed E-state index contributed by atoms with van der Waals surface area (Å²) in [5.74, 6) is 0.00152. The summed E-state index contributed by atoms with van der Waals surface area (Å²) < 4.78 is 29.1. The molecule has 0 atom stereocenters. The van der Waals surface area contributed by atoms with Crippen LogP contribution in [0.3, 0.4) is 0 Å². The molecule has 0 heterocycles. The van der Waals surface area contributed by atoms with E-state index in [0.717, 1.165) is 5.56 Å². The standard InChI is InChI=1S/C12H16O4S/c1-9-4-5-11(16-3)12(8-9)17(14,15)7-6-10(2)13/h4-5,8H,6-7H2,1-3H3. The molecule has 0 aliphatic heterocycles. The van der Waals surface area contributed by atoms with Crippen LogP contribution in [-0.2, 0) is 14.6 Å². The van der Waals surface area contributed by atoms with Crippen LogP contribution in [0.15, 0.2) is 23.1 Å². The molecule has 0 aromatic heterocycles. The molecule has 94 valence electrons. The molecule has 0 amide bonds. The second kappa shape index (κ2) is 5.31. The Hall–Kier alpha value is -1.36. The minimum absolute atomic E-state index is 0.0272. The van der Waals surface area contributed by atoms with Crippen molar-refractivity contribution in [2.75, 3.05) is 12.9 Å². The van der Waals surface area contributed by atoms with Gasteiger partial charge in [0.05, 0.1) is 12.9 Å². The molecule has 4 nitrogen and oxygen atoms in total. The normalized spacial score (nSPS) is 11.2. The molecule has 0 aliphatic carbocycles. The van der Waals surface area contributed by atoms with Gasteiger partial charge < -0.3 is 4.74 Å². The number of sulfone groups is 1. The molecule has 17 heavy (non-hydrogen) atoms. The highest BCUT2D eigenvalue weighted by atomic mass is 32.2. The highest BCUT2D eigenvalue weighted by Crippen LogP contribution is 2.26. The molecule has 0 aliphatic rings. The van der Waals surface area contributed by atoms with Crippen LogP contribution in [0.1, 0.15) is 18.9 Å². The number of rotatable bonds is 5. The summed E-state index contributed by atoms with van der Waals surface area (Å²) in [7, 11) is -2.04. The molecule has 0 fully saturated rings. The lowest BCUT2D eigenvalue weighted by atomic mass is 10.2.